The smallest absolute Gasteiger partial charge is 0.307 e. The molecule has 4 aromatic rings. The van der Waals surface area contributed by atoms with Crippen LogP contribution in [0.25, 0.3) is 21.9 Å². The summed E-state index contributed by atoms with van der Waals surface area (Å²) in [4.78, 5) is 11.0. The molecule has 0 heterocycles. The van der Waals surface area contributed by atoms with Gasteiger partial charge in [0.15, 0.2) is 0 Å². The van der Waals surface area contributed by atoms with Gasteiger partial charge in [0.1, 0.15) is 11.6 Å². The lowest BCUT2D eigenvalue weighted by molar-refractivity contribution is -0.136. The summed E-state index contributed by atoms with van der Waals surface area (Å²) in [5.74, 6) is -1.50. The van der Waals surface area contributed by atoms with Gasteiger partial charge in [-0.1, -0.05) is 54.1 Å². The number of methoxy groups -OCH3 is 1. The molecule has 0 radical (unpaired) electrons. The minimum Gasteiger partial charge on any atom is -0.495 e. The van der Waals surface area contributed by atoms with Gasteiger partial charge in [-0.3, -0.25) is 9.52 Å². The first-order valence-electron chi connectivity index (χ1n) is 10.1. The van der Waals surface area contributed by atoms with Gasteiger partial charge < -0.3 is 9.84 Å². The minimum absolute atomic E-state index is 0.0387. The maximum atomic E-state index is 14.0. The summed E-state index contributed by atoms with van der Waals surface area (Å²) < 4.78 is 49.1. The fourth-order valence-electron chi connectivity index (χ4n) is 3.78. The van der Waals surface area contributed by atoms with E-state index in [4.69, 9.17) is 21.4 Å². The highest BCUT2D eigenvalue weighted by Crippen LogP contribution is 2.42. The predicted molar refractivity (Wildman–Crippen MR) is 129 cm³/mol. The van der Waals surface area contributed by atoms with Gasteiger partial charge in [0.2, 0.25) is 0 Å². The molecule has 0 aliphatic carbocycles. The lowest BCUT2D eigenvalue weighted by Crippen LogP contribution is -2.14. The Kier molecular flexibility index (Phi) is 6.45. The Morgan fingerprint density at radius 3 is 2.35 bits per heavy atom. The van der Waals surface area contributed by atoms with Gasteiger partial charge >= 0.3 is 5.97 Å². The predicted octanol–water partition coefficient (Wildman–Crippen LogP) is 5.74. The summed E-state index contributed by atoms with van der Waals surface area (Å²) in [6.07, 6.45) is -0.580. The average Bonchev–Trinajstić information content (AvgIpc) is 2.80. The molecule has 0 saturated heterocycles. The van der Waals surface area contributed by atoms with Gasteiger partial charge in [0.25, 0.3) is 10.0 Å². The topological polar surface area (TPSA) is 92.7 Å². The van der Waals surface area contributed by atoms with Crippen molar-refractivity contribution in [2.75, 3.05) is 11.8 Å². The molecule has 34 heavy (non-hydrogen) atoms. The van der Waals surface area contributed by atoms with Crippen LogP contribution >= 0.6 is 11.6 Å². The van der Waals surface area contributed by atoms with Crippen LogP contribution in [0.5, 0.6) is 5.75 Å². The van der Waals surface area contributed by atoms with Crippen molar-refractivity contribution >= 4 is 44.1 Å². The zero-order valence-electron chi connectivity index (χ0n) is 17.9. The van der Waals surface area contributed by atoms with Crippen LogP contribution in [0.3, 0.4) is 0 Å². The maximum Gasteiger partial charge on any atom is 0.307 e. The second-order valence-corrected chi connectivity index (χ2v) is 9.52. The van der Waals surface area contributed by atoms with E-state index in [9.17, 15) is 17.6 Å². The first-order valence-corrected chi connectivity index (χ1v) is 11.9. The van der Waals surface area contributed by atoms with Gasteiger partial charge in [-0.25, -0.2) is 12.8 Å². The van der Waals surface area contributed by atoms with Crippen LogP contribution in [0.15, 0.2) is 77.7 Å². The molecule has 4 rings (SSSR count). The number of anilines is 1. The van der Waals surface area contributed by atoms with Crippen molar-refractivity contribution in [3.63, 3.8) is 0 Å². The third kappa shape index (κ3) is 4.55. The van der Waals surface area contributed by atoms with Crippen LogP contribution in [0.1, 0.15) is 5.56 Å². The molecule has 0 bridgehead atoms. The number of carbonyl (C=O) groups is 1. The Balaban J connectivity index is 1.90. The normalized spacial score (nSPS) is 11.4. The zero-order valence-corrected chi connectivity index (χ0v) is 19.5. The molecule has 0 spiro atoms. The third-order valence-corrected chi connectivity index (χ3v) is 7.01. The first kappa shape index (κ1) is 23.5. The number of halogens is 2. The van der Waals surface area contributed by atoms with E-state index < -0.39 is 28.2 Å². The Hall–Kier alpha value is -3.62. The highest BCUT2D eigenvalue weighted by atomic mass is 35.5. The number of benzene rings is 4. The molecule has 0 aliphatic rings. The van der Waals surface area contributed by atoms with Gasteiger partial charge in [-0.15, -0.1) is 0 Å². The number of hydrogen-bond acceptors (Lipinski definition) is 4. The van der Waals surface area contributed by atoms with Crippen LogP contribution in [0, 0.1) is 5.82 Å². The SMILES string of the molecule is COc1c(-c2ccccc2Cl)cc(S(=O)(=O)Nc2ccc(F)c(CC(=O)O)c2)c2ccccc12. The molecule has 0 fully saturated rings. The van der Waals surface area contributed by atoms with Crippen LogP contribution in [-0.4, -0.2) is 26.6 Å². The first-order chi connectivity index (χ1) is 16.2. The monoisotopic (exact) mass is 499 g/mol. The molecule has 0 amide bonds. The number of fused-ring (bicyclic) bond motifs is 1. The van der Waals surface area contributed by atoms with Crippen molar-refractivity contribution in [3.05, 3.63) is 89.2 Å². The summed E-state index contributed by atoms with van der Waals surface area (Å²) >= 11 is 6.40. The van der Waals surface area contributed by atoms with E-state index in [1.807, 2.05) is 0 Å². The largest absolute Gasteiger partial charge is 0.495 e. The Morgan fingerprint density at radius 2 is 1.68 bits per heavy atom. The molecule has 0 unspecified atom stereocenters. The molecular weight excluding hydrogens is 481 g/mol. The summed E-state index contributed by atoms with van der Waals surface area (Å²) in [7, 11) is -2.69. The number of aliphatic carboxylic acids is 1. The summed E-state index contributed by atoms with van der Waals surface area (Å²) in [5.41, 5.74) is 0.979. The van der Waals surface area contributed by atoms with E-state index >= 15 is 0 Å². The van der Waals surface area contributed by atoms with Crippen LogP contribution < -0.4 is 9.46 Å². The van der Waals surface area contributed by atoms with Crippen LogP contribution in [0.4, 0.5) is 10.1 Å². The average molecular weight is 500 g/mol. The molecule has 0 aliphatic heterocycles. The summed E-state index contributed by atoms with van der Waals surface area (Å²) in [5, 5.41) is 10.4. The van der Waals surface area contributed by atoms with Crippen molar-refractivity contribution in [1.29, 1.82) is 0 Å². The van der Waals surface area contributed by atoms with E-state index in [-0.39, 0.29) is 16.1 Å². The van der Waals surface area contributed by atoms with Crippen molar-refractivity contribution < 1.29 is 27.4 Å². The second kappa shape index (κ2) is 9.32. The lowest BCUT2D eigenvalue weighted by atomic mass is 9.99. The highest BCUT2D eigenvalue weighted by molar-refractivity contribution is 7.93. The van der Waals surface area contributed by atoms with E-state index in [2.05, 4.69) is 4.72 Å². The van der Waals surface area contributed by atoms with Gasteiger partial charge in [0.05, 0.1) is 18.4 Å². The Bertz CT molecular complexity index is 1520. The number of carboxylic acids is 1. The number of hydrogen-bond donors (Lipinski definition) is 2. The highest BCUT2D eigenvalue weighted by Gasteiger charge is 2.24. The Morgan fingerprint density at radius 1 is 1.00 bits per heavy atom. The van der Waals surface area contributed by atoms with Gasteiger partial charge in [0, 0.05) is 38.2 Å². The fraction of sp³-hybridized carbons (Fsp3) is 0.0800. The van der Waals surface area contributed by atoms with E-state index in [0.29, 0.717) is 32.7 Å². The molecular formula is C25H19ClFNO5S. The maximum absolute atomic E-state index is 14.0. The van der Waals surface area contributed by atoms with Crippen molar-refractivity contribution in [3.8, 4) is 16.9 Å². The molecule has 4 aromatic carbocycles. The third-order valence-electron chi connectivity index (χ3n) is 5.25. The standard InChI is InChI=1S/C25H19ClFNO5S/c1-33-25-19-8-3-2-7-18(19)23(14-20(25)17-6-4-5-9-21(17)26)34(31,32)28-16-10-11-22(27)15(12-16)13-24(29)30/h2-12,14,28H,13H2,1H3,(H,29,30). The zero-order chi connectivity index (χ0) is 24.5. The molecule has 2 N–H and O–H groups in total. The van der Waals surface area contributed by atoms with Crippen LogP contribution in [0.2, 0.25) is 5.02 Å². The second-order valence-electron chi connectivity index (χ2n) is 7.46. The number of nitrogens with one attached hydrogen (secondary N) is 1. The summed E-state index contributed by atoms with van der Waals surface area (Å²) in [6.45, 7) is 0. The molecule has 174 valence electrons. The quantitative estimate of drug-likeness (QED) is 0.338. The van der Waals surface area contributed by atoms with Gasteiger partial charge in [-0.05, 0) is 30.3 Å². The molecule has 0 aromatic heterocycles. The lowest BCUT2D eigenvalue weighted by Gasteiger charge is -2.18. The Labute approximate surface area is 200 Å². The van der Waals surface area contributed by atoms with Crippen molar-refractivity contribution in [1.82, 2.24) is 0 Å². The number of rotatable bonds is 7. The van der Waals surface area contributed by atoms with Crippen molar-refractivity contribution in [2.24, 2.45) is 0 Å². The fourth-order valence-corrected chi connectivity index (χ4v) is 5.31. The van der Waals surface area contributed by atoms with E-state index in [0.717, 1.165) is 6.07 Å². The minimum atomic E-state index is -4.18. The molecule has 9 heteroatoms. The summed E-state index contributed by atoms with van der Waals surface area (Å²) in [6, 6.07) is 18.8. The van der Waals surface area contributed by atoms with E-state index in [1.54, 1.807) is 48.5 Å². The number of carboxylic acid groups (broad SMARTS) is 1. The molecule has 0 saturated carbocycles. The molecule has 6 nitrogen and oxygen atoms in total. The number of sulfonamides is 1. The van der Waals surface area contributed by atoms with Crippen LogP contribution in [-0.2, 0) is 21.2 Å². The number of ether oxygens (including phenoxy) is 1. The van der Waals surface area contributed by atoms with E-state index in [1.165, 1.54) is 25.3 Å². The van der Waals surface area contributed by atoms with Gasteiger partial charge in [-0.2, -0.15) is 0 Å². The molecule has 0 atom stereocenters. The van der Waals surface area contributed by atoms with Crippen molar-refractivity contribution in [2.45, 2.75) is 11.3 Å².